The van der Waals surface area contributed by atoms with Crippen molar-refractivity contribution in [2.24, 2.45) is 0 Å². The van der Waals surface area contributed by atoms with Crippen LogP contribution >= 0.6 is 27.3 Å². The number of hydrogen-bond acceptors (Lipinski definition) is 4. The highest BCUT2D eigenvalue weighted by Crippen LogP contribution is 2.38. The van der Waals surface area contributed by atoms with Gasteiger partial charge in [-0.2, -0.15) is 0 Å². The van der Waals surface area contributed by atoms with Gasteiger partial charge in [0, 0.05) is 15.4 Å². The summed E-state index contributed by atoms with van der Waals surface area (Å²) < 4.78 is 11.5. The first-order valence-corrected chi connectivity index (χ1v) is 7.48. The number of fused-ring (bicyclic) bond motifs is 1. The lowest BCUT2D eigenvalue weighted by Gasteiger charge is -2.04. The number of benzene rings is 1. The van der Waals surface area contributed by atoms with Gasteiger partial charge in [0.2, 0.25) is 0 Å². The van der Waals surface area contributed by atoms with E-state index in [1.807, 2.05) is 18.2 Å². The first-order valence-electron chi connectivity index (χ1n) is 5.54. The third-order valence-corrected chi connectivity index (χ3v) is 4.33. The molecule has 2 rings (SSSR count). The van der Waals surface area contributed by atoms with Gasteiger partial charge in [-0.15, -0.1) is 11.3 Å². The molecule has 0 spiro atoms. The van der Waals surface area contributed by atoms with Crippen molar-refractivity contribution in [2.45, 2.75) is 12.3 Å². The third kappa shape index (κ3) is 2.24. The van der Waals surface area contributed by atoms with Crippen LogP contribution in [0.2, 0.25) is 0 Å². The lowest BCUT2D eigenvalue weighted by molar-refractivity contribution is 0.0531. The number of carbonyl (C=O) groups excluding carboxylic acids is 1. The van der Waals surface area contributed by atoms with Crippen molar-refractivity contribution in [3.05, 3.63) is 28.6 Å². The first-order chi connectivity index (χ1) is 8.72. The van der Waals surface area contributed by atoms with Crippen molar-refractivity contribution in [2.75, 3.05) is 13.7 Å². The van der Waals surface area contributed by atoms with Crippen LogP contribution in [-0.4, -0.2) is 19.7 Å². The quantitative estimate of drug-likeness (QED) is 0.629. The van der Waals surface area contributed by atoms with E-state index in [0.29, 0.717) is 16.8 Å². The van der Waals surface area contributed by atoms with Gasteiger partial charge in [0.25, 0.3) is 0 Å². The molecule has 0 radical (unpaired) electrons. The molecule has 96 valence electrons. The Kier molecular flexibility index (Phi) is 4.24. The van der Waals surface area contributed by atoms with E-state index in [-0.39, 0.29) is 5.97 Å². The number of rotatable bonds is 4. The van der Waals surface area contributed by atoms with Crippen molar-refractivity contribution in [1.82, 2.24) is 0 Å². The smallest absolute Gasteiger partial charge is 0.348 e. The Morgan fingerprint density at radius 1 is 1.44 bits per heavy atom. The minimum Gasteiger partial charge on any atom is -0.496 e. The molecule has 0 N–H and O–H groups in total. The molecule has 18 heavy (non-hydrogen) atoms. The second kappa shape index (κ2) is 5.71. The summed E-state index contributed by atoms with van der Waals surface area (Å²) in [5.74, 6) is 0.518. The summed E-state index contributed by atoms with van der Waals surface area (Å²) in [6, 6.07) is 5.80. The molecule has 0 saturated carbocycles. The zero-order valence-electron chi connectivity index (χ0n) is 10.2. The molecular formula is C13H13BrO3S. The topological polar surface area (TPSA) is 35.5 Å². The van der Waals surface area contributed by atoms with Gasteiger partial charge >= 0.3 is 5.97 Å². The van der Waals surface area contributed by atoms with E-state index in [2.05, 4.69) is 15.9 Å². The minimum atomic E-state index is -0.268. The van der Waals surface area contributed by atoms with Crippen LogP contribution in [0.25, 0.3) is 10.1 Å². The molecule has 0 aliphatic heterocycles. The van der Waals surface area contributed by atoms with Gasteiger partial charge in [-0.3, -0.25) is 0 Å². The number of thiophene rings is 1. The maximum absolute atomic E-state index is 11.9. The minimum absolute atomic E-state index is 0.268. The van der Waals surface area contributed by atoms with E-state index in [1.165, 1.54) is 11.3 Å². The standard InChI is InChI=1S/C13H13BrO3S/c1-3-17-13(15)12-8(7-14)11-9(16-2)5-4-6-10(11)18-12/h4-6H,3,7H2,1-2H3. The molecule has 0 aliphatic carbocycles. The fourth-order valence-corrected chi connectivity index (χ4v) is 3.72. The van der Waals surface area contributed by atoms with Crippen molar-refractivity contribution in [1.29, 1.82) is 0 Å². The number of methoxy groups -OCH3 is 1. The molecule has 1 heterocycles. The zero-order chi connectivity index (χ0) is 13.1. The Hall–Kier alpha value is -1.07. The van der Waals surface area contributed by atoms with Gasteiger partial charge < -0.3 is 9.47 Å². The molecule has 0 unspecified atom stereocenters. The maximum atomic E-state index is 11.9. The molecule has 2 aromatic rings. The van der Waals surface area contributed by atoms with E-state index in [0.717, 1.165) is 21.4 Å². The summed E-state index contributed by atoms with van der Waals surface area (Å²) in [4.78, 5) is 12.6. The fourth-order valence-electron chi connectivity index (χ4n) is 1.84. The van der Waals surface area contributed by atoms with E-state index < -0.39 is 0 Å². The average molecular weight is 329 g/mol. The van der Waals surface area contributed by atoms with Crippen LogP contribution < -0.4 is 4.74 Å². The second-order valence-corrected chi connectivity index (χ2v) is 5.21. The van der Waals surface area contributed by atoms with Gasteiger partial charge in [0.15, 0.2) is 0 Å². The first kappa shape index (κ1) is 13.4. The summed E-state index contributed by atoms with van der Waals surface area (Å²) in [7, 11) is 1.63. The second-order valence-electron chi connectivity index (χ2n) is 3.60. The monoisotopic (exact) mass is 328 g/mol. The van der Waals surface area contributed by atoms with Crippen molar-refractivity contribution < 1.29 is 14.3 Å². The zero-order valence-corrected chi connectivity index (χ0v) is 12.6. The largest absolute Gasteiger partial charge is 0.496 e. The number of halogens is 1. The Bertz CT molecular complexity index is 577. The normalized spacial score (nSPS) is 10.6. The predicted molar refractivity (Wildman–Crippen MR) is 77.0 cm³/mol. The van der Waals surface area contributed by atoms with E-state index in [4.69, 9.17) is 9.47 Å². The van der Waals surface area contributed by atoms with Gasteiger partial charge in [-0.25, -0.2) is 4.79 Å². The Morgan fingerprint density at radius 2 is 2.22 bits per heavy atom. The number of esters is 1. The lowest BCUT2D eigenvalue weighted by Crippen LogP contribution is -2.04. The molecule has 0 aliphatic rings. The fraction of sp³-hybridized carbons (Fsp3) is 0.308. The summed E-state index contributed by atoms with van der Waals surface area (Å²) in [5, 5.41) is 1.59. The molecule has 3 nitrogen and oxygen atoms in total. The molecule has 0 atom stereocenters. The van der Waals surface area contributed by atoms with Gasteiger partial charge in [-0.05, 0) is 24.6 Å². The highest BCUT2D eigenvalue weighted by molar-refractivity contribution is 9.08. The van der Waals surface area contributed by atoms with E-state index >= 15 is 0 Å². The highest BCUT2D eigenvalue weighted by Gasteiger charge is 2.20. The average Bonchev–Trinajstić information content (AvgIpc) is 2.77. The molecule has 1 aromatic carbocycles. The van der Waals surface area contributed by atoms with Crippen molar-refractivity contribution >= 4 is 43.3 Å². The Labute approximate surface area is 118 Å². The Morgan fingerprint density at radius 3 is 2.83 bits per heavy atom. The lowest BCUT2D eigenvalue weighted by atomic mass is 10.1. The molecular weight excluding hydrogens is 316 g/mol. The van der Waals surface area contributed by atoms with Gasteiger partial charge in [-0.1, -0.05) is 22.0 Å². The third-order valence-electron chi connectivity index (χ3n) is 2.59. The maximum Gasteiger partial charge on any atom is 0.348 e. The van der Waals surface area contributed by atoms with Gasteiger partial charge in [0.05, 0.1) is 13.7 Å². The molecule has 5 heteroatoms. The number of ether oxygens (including phenoxy) is 2. The summed E-state index contributed by atoms with van der Waals surface area (Å²) in [5.41, 5.74) is 0.936. The summed E-state index contributed by atoms with van der Waals surface area (Å²) >= 11 is 4.88. The van der Waals surface area contributed by atoms with E-state index in [9.17, 15) is 4.79 Å². The van der Waals surface area contributed by atoms with E-state index in [1.54, 1.807) is 14.0 Å². The number of alkyl halides is 1. The molecule has 0 bridgehead atoms. The summed E-state index contributed by atoms with van der Waals surface area (Å²) in [6.07, 6.45) is 0. The van der Waals surface area contributed by atoms with Crippen LogP contribution in [0.1, 0.15) is 22.2 Å². The molecule has 0 saturated heterocycles. The van der Waals surface area contributed by atoms with Crippen molar-refractivity contribution in [3.8, 4) is 5.75 Å². The SMILES string of the molecule is CCOC(=O)c1sc2cccc(OC)c2c1CBr. The molecule has 0 fully saturated rings. The predicted octanol–water partition coefficient (Wildman–Crippen LogP) is 3.98. The van der Waals surface area contributed by atoms with Crippen LogP contribution in [0.15, 0.2) is 18.2 Å². The van der Waals surface area contributed by atoms with Crippen LogP contribution in [0.3, 0.4) is 0 Å². The number of carbonyl (C=O) groups is 1. The highest BCUT2D eigenvalue weighted by atomic mass is 79.9. The number of hydrogen-bond donors (Lipinski definition) is 0. The van der Waals surface area contributed by atoms with Crippen molar-refractivity contribution in [3.63, 3.8) is 0 Å². The van der Waals surface area contributed by atoms with Crippen LogP contribution in [0, 0.1) is 0 Å². The van der Waals surface area contributed by atoms with Crippen LogP contribution in [0.4, 0.5) is 0 Å². The summed E-state index contributed by atoms with van der Waals surface area (Å²) in [6.45, 7) is 2.19. The van der Waals surface area contributed by atoms with Gasteiger partial charge in [0.1, 0.15) is 10.6 Å². The Balaban J connectivity index is 2.65. The van der Waals surface area contributed by atoms with Crippen LogP contribution in [0.5, 0.6) is 5.75 Å². The molecule has 0 amide bonds. The van der Waals surface area contributed by atoms with Crippen LogP contribution in [-0.2, 0) is 10.1 Å². The molecule has 1 aromatic heterocycles.